The fraction of sp³-hybridized carbons (Fsp3) is 0.667. The zero-order valence-corrected chi connectivity index (χ0v) is 12.2. The summed E-state index contributed by atoms with van der Waals surface area (Å²) in [4.78, 5) is 18.7. The van der Waals surface area contributed by atoms with Gasteiger partial charge in [-0.05, 0) is 6.92 Å². The molecular weight excluding hydrogens is 262 g/mol. The van der Waals surface area contributed by atoms with Gasteiger partial charge in [-0.15, -0.1) is 11.3 Å². The van der Waals surface area contributed by atoms with Gasteiger partial charge < -0.3 is 16.4 Å². The van der Waals surface area contributed by atoms with Crippen molar-refractivity contribution in [2.75, 3.05) is 25.0 Å². The van der Waals surface area contributed by atoms with Crippen LogP contribution in [0.4, 0.5) is 5.13 Å². The molecule has 1 aromatic rings. The molecule has 1 fully saturated rings. The van der Waals surface area contributed by atoms with Gasteiger partial charge in [-0.3, -0.25) is 9.69 Å². The highest BCUT2D eigenvalue weighted by atomic mass is 32.1. The van der Waals surface area contributed by atoms with E-state index in [-0.39, 0.29) is 5.91 Å². The van der Waals surface area contributed by atoms with Crippen molar-refractivity contribution < 1.29 is 4.79 Å². The predicted octanol–water partition coefficient (Wildman–Crippen LogP) is 0.222. The third-order valence-corrected chi connectivity index (χ3v) is 4.16. The lowest BCUT2D eigenvalue weighted by Crippen LogP contribution is -2.57. The van der Waals surface area contributed by atoms with Gasteiger partial charge in [0.05, 0.1) is 0 Å². The van der Waals surface area contributed by atoms with E-state index in [1.165, 1.54) is 18.3 Å². The Kier molecular flexibility index (Phi) is 4.87. The van der Waals surface area contributed by atoms with Gasteiger partial charge in [0.1, 0.15) is 0 Å². The Labute approximate surface area is 117 Å². The average Bonchev–Trinajstić information content (AvgIpc) is 2.78. The van der Waals surface area contributed by atoms with E-state index >= 15 is 0 Å². The summed E-state index contributed by atoms with van der Waals surface area (Å²) < 4.78 is 0. The molecule has 6 nitrogen and oxygen atoms in total. The highest BCUT2D eigenvalue weighted by Crippen LogP contribution is 2.21. The third kappa shape index (κ3) is 3.97. The lowest BCUT2D eigenvalue weighted by atomic mass is 10.1. The lowest BCUT2D eigenvalue weighted by molar-refractivity contribution is -0.114. The van der Waals surface area contributed by atoms with E-state index < -0.39 is 0 Å². The number of amides is 1. The third-order valence-electron chi connectivity index (χ3n) is 3.26. The molecule has 1 saturated heterocycles. The minimum absolute atomic E-state index is 0.0837. The number of nitrogens with two attached hydrogens (primary N) is 1. The molecule has 7 heteroatoms. The van der Waals surface area contributed by atoms with Crippen molar-refractivity contribution >= 4 is 22.4 Å². The molecule has 0 bridgehead atoms. The number of carbonyl (C=O) groups is 1. The Bertz CT molecular complexity index is 436. The Hall–Kier alpha value is -1.02. The summed E-state index contributed by atoms with van der Waals surface area (Å²) in [6, 6.07) is 0.841. The van der Waals surface area contributed by atoms with Crippen LogP contribution in [0.3, 0.4) is 0 Å². The van der Waals surface area contributed by atoms with Crippen molar-refractivity contribution in [3.8, 4) is 0 Å². The second-order valence-corrected chi connectivity index (χ2v) is 6.05. The Morgan fingerprint density at radius 3 is 3.21 bits per heavy atom. The first kappa shape index (κ1) is 14.4. The highest BCUT2D eigenvalue weighted by molar-refractivity contribution is 7.15. The van der Waals surface area contributed by atoms with E-state index in [1.807, 2.05) is 6.20 Å². The van der Waals surface area contributed by atoms with E-state index in [0.29, 0.717) is 23.8 Å². The average molecular weight is 283 g/mol. The molecule has 2 rings (SSSR count). The smallest absolute Gasteiger partial charge is 0.223 e. The van der Waals surface area contributed by atoms with Crippen molar-refractivity contribution in [2.45, 2.75) is 32.5 Å². The van der Waals surface area contributed by atoms with Crippen LogP contribution < -0.4 is 16.4 Å². The van der Waals surface area contributed by atoms with Crippen LogP contribution in [0.25, 0.3) is 0 Å². The quantitative estimate of drug-likeness (QED) is 0.736. The number of rotatable bonds is 4. The molecule has 0 radical (unpaired) electrons. The van der Waals surface area contributed by atoms with E-state index in [0.717, 1.165) is 24.5 Å². The van der Waals surface area contributed by atoms with Crippen LogP contribution >= 0.6 is 11.3 Å². The van der Waals surface area contributed by atoms with Gasteiger partial charge in [0.15, 0.2) is 5.13 Å². The van der Waals surface area contributed by atoms with E-state index in [9.17, 15) is 4.79 Å². The molecule has 0 unspecified atom stereocenters. The molecule has 1 aliphatic heterocycles. The predicted molar refractivity (Wildman–Crippen MR) is 77.1 cm³/mol. The van der Waals surface area contributed by atoms with Gasteiger partial charge in [0.2, 0.25) is 5.91 Å². The number of hydrogen-bond donors (Lipinski definition) is 3. The monoisotopic (exact) mass is 283 g/mol. The molecule has 106 valence electrons. The van der Waals surface area contributed by atoms with Crippen LogP contribution in [0, 0.1) is 0 Å². The Balaban J connectivity index is 1.95. The SMILES string of the molecule is CC(=O)Nc1ncc(CN2C[C@@H](CN)NC[C@@H]2C)s1. The molecule has 1 aromatic heterocycles. The standard InChI is InChI=1S/C12H21N5OS/c1-8-4-14-10(3-13)6-17(8)7-11-5-15-12(19-11)16-9(2)18/h5,8,10,14H,3-4,6-7,13H2,1-2H3,(H,15,16,18)/t8-,10+/m0/s1. The zero-order valence-electron chi connectivity index (χ0n) is 11.3. The summed E-state index contributed by atoms with van der Waals surface area (Å²) >= 11 is 1.53. The number of aromatic nitrogens is 1. The largest absolute Gasteiger partial charge is 0.329 e. The van der Waals surface area contributed by atoms with Crippen molar-refractivity contribution in [1.29, 1.82) is 0 Å². The number of carbonyl (C=O) groups excluding carboxylic acids is 1. The van der Waals surface area contributed by atoms with Crippen molar-refractivity contribution in [3.05, 3.63) is 11.1 Å². The van der Waals surface area contributed by atoms with E-state index in [4.69, 9.17) is 5.73 Å². The lowest BCUT2D eigenvalue weighted by Gasteiger charge is -2.38. The number of piperazine rings is 1. The molecule has 0 aromatic carbocycles. The summed E-state index contributed by atoms with van der Waals surface area (Å²) in [5.74, 6) is -0.0837. The maximum absolute atomic E-state index is 11.0. The number of nitrogens with zero attached hydrogens (tertiary/aromatic N) is 2. The minimum Gasteiger partial charge on any atom is -0.329 e. The van der Waals surface area contributed by atoms with Gasteiger partial charge in [-0.1, -0.05) is 0 Å². The molecule has 2 heterocycles. The zero-order chi connectivity index (χ0) is 13.8. The highest BCUT2D eigenvalue weighted by Gasteiger charge is 2.24. The second kappa shape index (κ2) is 6.42. The maximum Gasteiger partial charge on any atom is 0.223 e. The van der Waals surface area contributed by atoms with Crippen LogP contribution in [-0.4, -0.2) is 47.5 Å². The molecule has 4 N–H and O–H groups in total. The molecule has 19 heavy (non-hydrogen) atoms. The fourth-order valence-corrected chi connectivity index (χ4v) is 3.05. The summed E-state index contributed by atoms with van der Waals surface area (Å²) in [6.45, 7) is 7.12. The van der Waals surface area contributed by atoms with Gasteiger partial charge in [-0.2, -0.15) is 0 Å². The molecule has 2 atom stereocenters. The van der Waals surface area contributed by atoms with E-state index in [1.54, 1.807) is 0 Å². The first-order valence-electron chi connectivity index (χ1n) is 6.48. The van der Waals surface area contributed by atoms with Gasteiger partial charge >= 0.3 is 0 Å². The second-order valence-electron chi connectivity index (χ2n) is 4.93. The summed E-state index contributed by atoms with van der Waals surface area (Å²) in [6.07, 6.45) is 1.84. The summed E-state index contributed by atoms with van der Waals surface area (Å²) in [7, 11) is 0. The van der Waals surface area contributed by atoms with Gasteiger partial charge in [0, 0.05) is 56.3 Å². The molecule has 1 amide bonds. The summed E-state index contributed by atoms with van der Waals surface area (Å²) in [5.41, 5.74) is 5.72. The van der Waals surface area contributed by atoms with Crippen molar-refractivity contribution in [3.63, 3.8) is 0 Å². The number of hydrogen-bond acceptors (Lipinski definition) is 6. The number of nitrogens with one attached hydrogen (secondary N) is 2. The molecule has 0 saturated carbocycles. The Morgan fingerprint density at radius 2 is 2.53 bits per heavy atom. The fourth-order valence-electron chi connectivity index (χ4n) is 2.16. The summed E-state index contributed by atoms with van der Waals surface area (Å²) in [5, 5.41) is 6.81. The first-order chi connectivity index (χ1) is 9.08. The van der Waals surface area contributed by atoms with Gasteiger partial charge in [-0.25, -0.2) is 4.98 Å². The minimum atomic E-state index is -0.0837. The normalized spacial score (nSPS) is 24.4. The molecular formula is C12H21N5OS. The number of thiazole rings is 1. The van der Waals surface area contributed by atoms with Crippen LogP contribution in [0.2, 0.25) is 0 Å². The van der Waals surface area contributed by atoms with Crippen LogP contribution in [0.1, 0.15) is 18.7 Å². The van der Waals surface area contributed by atoms with Crippen molar-refractivity contribution in [1.82, 2.24) is 15.2 Å². The van der Waals surface area contributed by atoms with Crippen LogP contribution in [0.15, 0.2) is 6.20 Å². The van der Waals surface area contributed by atoms with Crippen LogP contribution in [-0.2, 0) is 11.3 Å². The van der Waals surface area contributed by atoms with Gasteiger partial charge in [0.25, 0.3) is 0 Å². The maximum atomic E-state index is 11.0. The van der Waals surface area contributed by atoms with Crippen molar-refractivity contribution in [2.24, 2.45) is 5.73 Å². The van der Waals surface area contributed by atoms with Crippen LogP contribution in [0.5, 0.6) is 0 Å². The van der Waals surface area contributed by atoms with E-state index in [2.05, 4.69) is 27.4 Å². The molecule has 1 aliphatic rings. The topological polar surface area (TPSA) is 83.3 Å². The number of anilines is 1. The first-order valence-corrected chi connectivity index (χ1v) is 7.30. The Morgan fingerprint density at radius 1 is 1.74 bits per heavy atom. The molecule has 0 aliphatic carbocycles. The molecule has 0 spiro atoms.